The van der Waals surface area contributed by atoms with Crippen molar-refractivity contribution in [2.45, 2.75) is 6.92 Å². The molecule has 0 spiro atoms. The van der Waals surface area contributed by atoms with E-state index in [1.54, 1.807) is 12.1 Å². The van der Waals surface area contributed by atoms with Crippen molar-refractivity contribution in [3.05, 3.63) is 59.2 Å². The molecule has 0 aliphatic heterocycles. The molecule has 0 saturated carbocycles. The maximum Gasteiger partial charge on any atom is 0.123 e. The summed E-state index contributed by atoms with van der Waals surface area (Å²) < 4.78 is 17.4. The van der Waals surface area contributed by atoms with Gasteiger partial charge in [-0.05, 0) is 47.9 Å². The molecule has 3 heteroatoms. The normalized spacial score (nSPS) is 10.9. The molecule has 2 aromatic carbocycles. The van der Waals surface area contributed by atoms with Crippen LogP contribution in [0.15, 0.2) is 42.5 Å². The van der Waals surface area contributed by atoms with E-state index in [9.17, 15) is 9.50 Å². The summed E-state index contributed by atoms with van der Waals surface area (Å²) in [6, 6.07) is 12.8. The highest BCUT2D eigenvalue weighted by atomic mass is 19.1. The van der Waals surface area contributed by atoms with Gasteiger partial charge in [-0.3, -0.25) is 0 Å². The average molecular weight is 272 g/mol. The zero-order valence-corrected chi connectivity index (χ0v) is 11.3. The van der Waals surface area contributed by atoms with E-state index in [1.165, 1.54) is 0 Å². The summed E-state index contributed by atoms with van der Waals surface area (Å²) in [4.78, 5) is 0. The number of aryl methyl sites for hydroxylation is 1. The Morgan fingerprint density at radius 2 is 1.70 bits per heavy atom. The van der Waals surface area contributed by atoms with Crippen LogP contribution >= 0.6 is 0 Å². The predicted molar refractivity (Wildman–Crippen MR) is 79.7 cm³/mol. The number of aromatic hydroxyl groups is 1. The first-order chi connectivity index (χ1) is 9.69. The van der Waals surface area contributed by atoms with E-state index in [2.05, 4.69) is 0 Å². The molecule has 2 nitrogen and oxygen atoms in total. The lowest BCUT2D eigenvalue weighted by Crippen LogP contribution is -2.00. The third-order valence-corrected chi connectivity index (χ3v) is 2.90. The smallest absolute Gasteiger partial charge is 0.123 e. The standard InChI is InChI=1S/C17H17FO2/c1-13-12-15(6-9-17(13)20-11-10-18)3-2-14-4-7-16(19)8-5-14/h2-9,12,19H,10-11H2,1H3/b3-2+. The molecule has 0 aliphatic rings. The molecule has 0 heterocycles. The molecule has 0 aromatic heterocycles. The molecule has 0 amide bonds. The summed E-state index contributed by atoms with van der Waals surface area (Å²) in [5.41, 5.74) is 3.03. The number of phenols is 1. The minimum atomic E-state index is -0.484. The number of ether oxygens (including phenoxy) is 1. The largest absolute Gasteiger partial charge is 0.508 e. The highest BCUT2D eigenvalue weighted by molar-refractivity contribution is 5.70. The molecule has 0 atom stereocenters. The molecule has 0 saturated heterocycles. The van der Waals surface area contributed by atoms with Crippen LogP contribution in [0.5, 0.6) is 11.5 Å². The van der Waals surface area contributed by atoms with Crippen molar-refractivity contribution in [3.63, 3.8) is 0 Å². The highest BCUT2D eigenvalue weighted by Gasteiger charge is 1.99. The number of benzene rings is 2. The molecule has 2 aromatic rings. The second-order valence-corrected chi connectivity index (χ2v) is 4.49. The van der Waals surface area contributed by atoms with Crippen LogP contribution in [0.4, 0.5) is 4.39 Å². The van der Waals surface area contributed by atoms with Gasteiger partial charge in [0.2, 0.25) is 0 Å². The van der Waals surface area contributed by atoms with Crippen molar-refractivity contribution < 1.29 is 14.2 Å². The lowest BCUT2D eigenvalue weighted by atomic mass is 10.1. The monoisotopic (exact) mass is 272 g/mol. The minimum absolute atomic E-state index is 0.0868. The number of hydrogen-bond acceptors (Lipinski definition) is 2. The van der Waals surface area contributed by atoms with Crippen LogP contribution in [-0.4, -0.2) is 18.4 Å². The SMILES string of the molecule is Cc1cc(/C=C/c2ccc(O)cc2)ccc1OCCF. The van der Waals surface area contributed by atoms with Gasteiger partial charge in [0.05, 0.1) is 0 Å². The number of alkyl halides is 1. The molecule has 1 N–H and O–H groups in total. The van der Waals surface area contributed by atoms with Gasteiger partial charge in [-0.15, -0.1) is 0 Å². The molecule has 0 bridgehead atoms. The van der Waals surface area contributed by atoms with Gasteiger partial charge in [-0.2, -0.15) is 0 Å². The lowest BCUT2D eigenvalue weighted by Gasteiger charge is -2.07. The maximum atomic E-state index is 12.1. The Hall–Kier alpha value is -2.29. The van der Waals surface area contributed by atoms with Crippen molar-refractivity contribution in [2.24, 2.45) is 0 Å². The Bertz CT molecular complexity index is 588. The summed E-state index contributed by atoms with van der Waals surface area (Å²) in [5.74, 6) is 0.969. The van der Waals surface area contributed by atoms with E-state index >= 15 is 0 Å². The van der Waals surface area contributed by atoms with Crippen molar-refractivity contribution in [1.29, 1.82) is 0 Å². The fraction of sp³-hybridized carbons (Fsp3) is 0.176. The number of rotatable bonds is 5. The summed E-state index contributed by atoms with van der Waals surface area (Å²) in [6.07, 6.45) is 3.95. The van der Waals surface area contributed by atoms with Crippen molar-refractivity contribution in [1.82, 2.24) is 0 Å². The molecule has 20 heavy (non-hydrogen) atoms. The van der Waals surface area contributed by atoms with E-state index in [4.69, 9.17) is 4.74 Å². The first kappa shape index (κ1) is 14.1. The topological polar surface area (TPSA) is 29.5 Å². The van der Waals surface area contributed by atoms with Crippen molar-refractivity contribution in [2.75, 3.05) is 13.3 Å². The molecule has 0 radical (unpaired) electrons. The Kier molecular flexibility index (Phi) is 4.77. The Morgan fingerprint density at radius 1 is 1.05 bits per heavy atom. The number of phenolic OH excluding ortho intramolecular Hbond substituents is 1. The molecule has 104 valence electrons. The Labute approximate surface area is 118 Å². The van der Waals surface area contributed by atoms with Crippen molar-refractivity contribution >= 4 is 12.2 Å². The summed E-state index contributed by atoms with van der Waals surface area (Å²) >= 11 is 0. The fourth-order valence-corrected chi connectivity index (χ4v) is 1.86. The fourth-order valence-electron chi connectivity index (χ4n) is 1.86. The highest BCUT2D eigenvalue weighted by Crippen LogP contribution is 2.20. The lowest BCUT2D eigenvalue weighted by molar-refractivity contribution is 0.272. The molecular weight excluding hydrogens is 255 g/mol. The maximum absolute atomic E-state index is 12.1. The van der Waals surface area contributed by atoms with Gasteiger partial charge in [0.15, 0.2) is 0 Å². The van der Waals surface area contributed by atoms with Gasteiger partial charge in [0, 0.05) is 0 Å². The predicted octanol–water partition coefficient (Wildman–Crippen LogP) is 4.22. The van der Waals surface area contributed by atoms with Gasteiger partial charge in [-0.25, -0.2) is 4.39 Å². The third-order valence-electron chi connectivity index (χ3n) is 2.90. The Morgan fingerprint density at radius 3 is 2.35 bits per heavy atom. The zero-order chi connectivity index (χ0) is 14.4. The summed E-state index contributed by atoms with van der Waals surface area (Å²) in [6.45, 7) is 1.54. The summed E-state index contributed by atoms with van der Waals surface area (Å²) in [7, 11) is 0. The minimum Gasteiger partial charge on any atom is -0.508 e. The second kappa shape index (κ2) is 6.75. The van der Waals surface area contributed by atoms with E-state index in [1.807, 2.05) is 49.4 Å². The molecular formula is C17H17FO2. The van der Waals surface area contributed by atoms with Crippen LogP contribution in [0.1, 0.15) is 16.7 Å². The van der Waals surface area contributed by atoms with Crippen LogP contribution in [0, 0.1) is 6.92 Å². The van der Waals surface area contributed by atoms with E-state index in [-0.39, 0.29) is 12.4 Å². The van der Waals surface area contributed by atoms with Gasteiger partial charge in [-0.1, -0.05) is 30.4 Å². The van der Waals surface area contributed by atoms with Crippen molar-refractivity contribution in [3.8, 4) is 11.5 Å². The van der Waals surface area contributed by atoms with Crippen LogP contribution in [0.2, 0.25) is 0 Å². The van der Waals surface area contributed by atoms with Crippen LogP contribution in [0.3, 0.4) is 0 Å². The van der Waals surface area contributed by atoms with Gasteiger partial charge in [0.25, 0.3) is 0 Å². The van der Waals surface area contributed by atoms with E-state index in [0.29, 0.717) is 5.75 Å². The third kappa shape index (κ3) is 3.85. The average Bonchev–Trinajstić information content (AvgIpc) is 2.46. The van der Waals surface area contributed by atoms with Gasteiger partial charge < -0.3 is 9.84 Å². The van der Waals surface area contributed by atoms with Crippen LogP contribution < -0.4 is 4.74 Å². The molecule has 2 rings (SSSR count). The number of halogens is 1. The molecule has 0 unspecified atom stereocenters. The molecule has 0 fully saturated rings. The zero-order valence-electron chi connectivity index (χ0n) is 11.3. The van der Waals surface area contributed by atoms with E-state index < -0.39 is 6.67 Å². The summed E-state index contributed by atoms with van der Waals surface area (Å²) in [5, 5.41) is 9.22. The first-order valence-electron chi connectivity index (χ1n) is 6.45. The van der Waals surface area contributed by atoms with Gasteiger partial charge >= 0.3 is 0 Å². The quantitative estimate of drug-likeness (QED) is 0.826. The first-order valence-corrected chi connectivity index (χ1v) is 6.45. The molecule has 0 aliphatic carbocycles. The van der Waals surface area contributed by atoms with Crippen LogP contribution in [-0.2, 0) is 0 Å². The van der Waals surface area contributed by atoms with Crippen LogP contribution in [0.25, 0.3) is 12.2 Å². The second-order valence-electron chi connectivity index (χ2n) is 4.49. The Balaban J connectivity index is 2.09. The number of hydrogen-bond donors (Lipinski definition) is 1. The van der Waals surface area contributed by atoms with E-state index in [0.717, 1.165) is 16.7 Å². The van der Waals surface area contributed by atoms with Gasteiger partial charge in [0.1, 0.15) is 24.8 Å².